The smallest absolute Gasteiger partial charge is 0.254 e. The number of carbonyl (C=O) groups is 1. The first kappa shape index (κ1) is 19.1. The third kappa shape index (κ3) is 4.56. The molecule has 0 fully saturated rings. The maximum absolute atomic E-state index is 12.7. The van der Waals surface area contributed by atoms with Crippen LogP contribution in [0.1, 0.15) is 68.3 Å². The summed E-state index contributed by atoms with van der Waals surface area (Å²) in [4.78, 5) is 21.4. The second-order valence-electron chi connectivity index (χ2n) is 7.76. The van der Waals surface area contributed by atoms with Crippen molar-refractivity contribution in [2.24, 2.45) is 0 Å². The fourth-order valence-electron chi connectivity index (χ4n) is 2.96. The summed E-state index contributed by atoms with van der Waals surface area (Å²) in [6.07, 6.45) is 4.95. The zero-order chi connectivity index (χ0) is 19.4. The monoisotopic (exact) mass is 369 g/mol. The molecule has 1 aliphatic heterocycles. The van der Waals surface area contributed by atoms with E-state index in [2.05, 4.69) is 22.2 Å². The van der Waals surface area contributed by atoms with Crippen molar-refractivity contribution in [2.75, 3.05) is 13.2 Å². The highest BCUT2D eigenvalue weighted by atomic mass is 16.6. The van der Waals surface area contributed by atoms with Crippen LogP contribution in [0.15, 0.2) is 30.6 Å². The number of ether oxygens (including phenoxy) is 2. The minimum absolute atomic E-state index is 0.111. The topological polar surface area (TPSA) is 73.3 Å². The summed E-state index contributed by atoms with van der Waals surface area (Å²) in [6, 6.07) is 5.72. The van der Waals surface area contributed by atoms with Crippen molar-refractivity contribution in [3.63, 3.8) is 0 Å². The van der Waals surface area contributed by atoms with Crippen molar-refractivity contribution < 1.29 is 14.3 Å². The van der Waals surface area contributed by atoms with Crippen LogP contribution in [0.3, 0.4) is 0 Å². The van der Waals surface area contributed by atoms with E-state index in [9.17, 15) is 4.79 Å². The van der Waals surface area contributed by atoms with Gasteiger partial charge in [-0.3, -0.25) is 4.79 Å². The van der Waals surface area contributed by atoms with E-state index in [1.54, 1.807) is 12.4 Å². The molecule has 0 saturated heterocycles. The summed E-state index contributed by atoms with van der Waals surface area (Å²) in [7, 11) is 0. The lowest BCUT2D eigenvalue weighted by Crippen LogP contribution is -2.29. The van der Waals surface area contributed by atoms with Gasteiger partial charge in [0.15, 0.2) is 11.5 Å². The molecule has 0 bridgehead atoms. The van der Waals surface area contributed by atoms with Crippen LogP contribution in [-0.4, -0.2) is 29.1 Å². The van der Waals surface area contributed by atoms with E-state index in [0.29, 0.717) is 18.8 Å². The molecule has 0 radical (unpaired) electrons. The van der Waals surface area contributed by atoms with Crippen LogP contribution in [0.4, 0.5) is 0 Å². The highest BCUT2D eigenvalue weighted by Crippen LogP contribution is 2.33. The molecule has 1 aliphatic rings. The van der Waals surface area contributed by atoms with E-state index >= 15 is 0 Å². The maximum atomic E-state index is 12.7. The molecule has 1 atom stereocenters. The summed E-state index contributed by atoms with van der Waals surface area (Å²) in [5.74, 6) is 2.02. The molecule has 27 heavy (non-hydrogen) atoms. The first-order valence-corrected chi connectivity index (χ1v) is 9.41. The number of nitrogens with zero attached hydrogens (tertiary/aromatic N) is 2. The third-order valence-electron chi connectivity index (χ3n) is 4.44. The van der Waals surface area contributed by atoms with Crippen LogP contribution in [0.2, 0.25) is 0 Å². The second-order valence-corrected chi connectivity index (χ2v) is 7.76. The maximum Gasteiger partial charge on any atom is 0.254 e. The molecule has 6 nitrogen and oxygen atoms in total. The normalized spacial score (nSPS) is 14.5. The SMILES string of the molecule is CCC[C@H](NC(=O)c1cnc(C(C)(C)C)nc1)c1ccc2c(c1)OCCO2. The van der Waals surface area contributed by atoms with Gasteiger partial charge in [0.05, 0.1) is 11.6 Å². The number of nitrogens with one attached hydrogen (secondary N) is 1. The summed E-state index contributed by atoms with van der Waals surface area (Å²) < 4.78 is 11.2. The van der Waals surface area contributed by atoms with Gasteiger partial charge >= 0.3 is 0 Å². The molecule has 3 rings (SSSR count). The van der Waals surface area contributed by atoms with Crippen molar-refractivity contribution >= 4 is 5.91 Å². The third-order valence-corrected chi connectivity index (χ3v) is 4.44. The van der Waals surface area contributed by atoms with E-state index in [1.807, 2.05) is 39.0 Å². The van der Waals surface area contributed by atoms with Crippen molar-refractivity contribution in [3.05, 3.63) is 47.5 Å². The Morgan fingerprint density at radius 3 is 2.44 bits per heavy atom. The number of rotatable bonds is 5. The molecule has 2 heterocycles. The van der Waals surface area contributed by atoms with Crippen LogP contribution in [0, 0.1) is 0 Å². The lowest BCUT2D eigenvalue weighted by atomic mass is 9.96. The highest BCUT2D eigenvalue weighted by molar-refractivity contribution is 5.93. The van der Waals surface area contributed by atoms with Crippen molar-refractivity contribution in [1.29, 1.82) is 0 Å². The Kier molecular flexibility index (Phi) is 5.63. The lowest BCUT2D eigenvalue weighted by molar-refractivity contribution is 0.0933. The molecule has 1 amide bonds. The van der Waals surface area contributed by atoms with Gasteiger partial charge in [-0.2, -0.15) is 0 Å². The van der Waals surface area contributed by atoms with E-state index in [0.717, 1.165) is 35.7 Å². The molecule has 1 aromatic heterocycles. The molecule has 2 aromatic rings. The van der Waals surface area contributed by atoms with Crippen molar-refractivity contribution in [2.45, 2.75) is 52.0 Å². The molecule has 0 saturated carbocycles. The molecular weight excluding hydrogens is 342 g/mol. The molecule has 0 unspecified atom stereocenters. The van der Waals surface area contributed by atoms with Gasteiger partial charge in [-0.15, -0.1) is 0 Å². The predicted octanol–water partition coefficient (Wildman–Crippen LogP) is 3.82. The summed E-state index contributed by atoms with van der Waals surface area (Å²) in [5.41, 5.74) is 1.31. The first-order chi connectivity index (χ1) is 12.9. The fraction of sp³-hybridized carbons (Fsp3) is 0.476. The van der Waals surface area contributed by atoms with Gasteiger partial charge in [-0.1, -0.05) is 40.2 Å². The minimum atomic E-state index is -0.177. The van der Waals surface area contributed by atoms with Crippen LogP contribution >= 0.6 is 0 Å². The molecule has 144 valence electrons. The van der Waals surface area contributed by atoms with Gasteiger partial charge in [0.25, 0.3) is 5.91 Å². The average molecular weight is 369 g/mol. The van der Waals surface area contributed by atoms with Crippen LogP contribution in [0.25, 0.3) is 0 Å². The highest BCUT2D eigenvalue weighted by Gasteiger charge is 2.21. The fourth-order valence-corrected chi connectivity index (χ4v) is 2.96. The number of benzene rings is 1. The summed E-state index contributed by atoms with van der Waals surface area (Å²) in [6.45, 7) is 9.33. The molecule has 0 aliphatic carbocycles. The molecule has 6 heteroatoms. The molecule has 0 spiro atoms. The Bertz CT molecular complexity index is 797. The van der Waals surface area contributed by atoms with Crippen LogP contribution in [-0.2, 0) is 5.41 Å². The largest absolute Gasteiger partial charge is 0.486 e. The van der Waals surface area contributed by atoms with E-state index in [4.69, 9.17) is 9.47 Å². The number of hydrogen-bond donors (Lipinski definition) is 1. The number of carbonyl (C=O) groups excluding carboxylic acids is 1. The van der Waals surface area contributed by atoms with Gasteiger partial charge in [0, 0.05) is 17.8 Å². The van der Waals surface area contributed by atoms with Gasteiger partial charge in [0.1, 0.15) is 19.0 Å². The van der Waals surface area contributed by atoms with Gasteiger partial charge in [0.2, 0.25) is 0 Å². The Hall–Kier alpha value is -2.63. The van der Waals surface area contributed by atoms with E-state index in [1.165, 1.54) is 0 Å². The Labute approximate surface area is 160 Å². The number of amides is 1. The Morgan fingerprint density at radius 1 is 1.15 bits per heavy atom. The first-order valence-electron chi connectivity index (χ1n) is 9.41. The number of aromatic nitrogens is 2. The lowest BCUT2D eigenvalue weighted by Gasteiger charge is -2.23. The van der Waals surface area contributed by atoms with Gasteiger partial charge < -0.3 is 14.8 Å². The second kappa shape index (κ2) is 7.94. The van der Waals surface area contributed by atoms with Crippen molar-refractivity contribution in [3.8, 4) is 11.5 Å². The Morgan fingerprint density at radius 2 is 1.81 bits per heavy atom. The predicted molar refractivity (Wildman–Crippen MR) is 103 cm³/mol. The molecular formula is C21H27N3O3. The minimum Gasteiger partial charge on any atom is -0.486 e. The van der Waals surface area contributed by atoms with Crippen LogP contribution < -0.4 is 14.8 Å². The molecule has 1 aromatic carbocycles. The molecule has 1 N–H and O–H groups in total. The van der Waals surface area contributed by atoms with E-state index in [-0.39, 0.29) is 17.4 Å². The Balaban J connectivity index is 1.77. The average Bonchev–Trinajstić information content (AvgIpc) is 2.66. The van der Waals surface area contributed by atoms with Crippen LogP contribution in [0.5, 0.6) is 11.5 Å². The number of fused-ring (bicyclic) bond motifs is 1. The standard InChI is InChI=1S/C21H27N3O3/c1-5-6-16(14-7-8-17-18(11-14)27-10-9-26-17)24-19(25)15-12-22-20(23-13-15)21(2,3)4/h7-8,11-13,16H,5-6,9-10H2,1-4H3,(H,24,25)/t16-/m0/s1. The number of hydrogen-bond acceptors (Lipinski definition) is 5. The summed E-state index contributed by atoms with van der Waals surface area (Å²) >= 11 is 0. The zero-order valence-electron chi connectivity index (χ0n) is 16.4. The van der Waals surface area contributed by atoms with Crippen molar-refractivity contribution in [1.82, 2.24) is 15.3 Å². The van der Waals surface area contributed by atoms with Gasteiger partial charge in [-0.25, -0.2) is 9.97 Å². The quantitative estimate of drug-likeness (QED) is 0.867. The van der Waals surface area contributed by atoms with Gasteiger partial charge in [-0.05, 0) is 24.1 Å². The zero-order valence-corrected chi connectivity index (χ0v) is 16.4. The van der Waals surface area contributed by atoms with E-state index < -0.39 is 0 Å². The summed E-state index contributed by atoms with van der Waals surface area (Å²) in [5, 5.41) is 3.10.